The summed E-state index contributed by atoms with van der Waals surface area (Å²) < 4.78 is 0. The summed E-state index contributed by atoms with van der Waals surface area (Å²) in [4.78, 5) is 10.2. The van der Waals surface area contributed by atoms with Crippen LogP contribution in [0, 0.1) is 0 Å². The molecule has 0 spiro atoms. The Morgan fingerprint density at radius 1 is 1.25 bits per heavy atom. The van der Waals surface area contributed by atoms with Gasteiger partial charge in [-0.05, 0) is 13.8 Å². The monoisotopic (exact) mass is 166 g/mol. The van der Waals surface area contributed by atoms with E-state index in [1.165, 1.54) is 0 Å². The van der Waals surface area contributed by atoms with Gasteiger partial charge in [0, 0.05) is 13.1 Å². The van der Waals surface area contributed by atoms with Gasteiger partial charge in [0.05, 0.1) is 12.4 Å². The molecule has 0 saturated heterocycles. The lowest BCUT2D eigenvalue weighted by Gasteiger charge is -2.18. The molecular weight excluding hydrogens is 152 g/mol. The first-order valence-electron chi connectivity index (χ1n) is 4.10. The van der Waals surface area contributed by atoms with Gasteiger partial charge in [0.25, 0.3) is 0 Å². The van der Waals surface area contributed by atoms with Gasteiger partial charge in [0.1, 0.15) is 11.6 Å². The van der Waals surface area contributed by atoms with E-state index in [0.717, 1.165) is 18.9 Å². The van der Waals surface area contributed by atoms with Crippen LogP contribution in [-0.4, -0.2) is 23.1 Å². The van der Waals surface area contributed by atoms with Crippen LogP contribution in [0.1, 0.15) is 13.8 Å². The Bertz CT molecular complexity index is 227. The molecule has 66 valence electrons. The highest BCUT2D eigenvalue weighted by Crippen LogP contribution is 2.07. The molecule has 0 aliphatic heterocycles. The summed E-state index contributed by atoms with van der Waals surface area (Å²) in [5.41, 5.74) is 5.42. The molecule has 0 aromatic carbocycles. The van der Waals surface area contributed by atoms with E-state index in [1.807, 2.05) is 0 Å². The highest BCUT2D eigenvalue weighted by molar-refractivity contribution is 5.38. The summed E-state index contributed by atoms with van der Waals surface area (Å²) in [6.45, 7) is 6.05. The van der Waals surface area contributed by atoms with Crippen LogP contribution in [-0.2, 0) is 0 Å². The lowest BCUT2D eigenvalue weighted by atomic mass is 10.5. The van der Waals surface area contributed by atoms with Crippen LogP contribution in [0.3, 0.4) is 0 Å². The molecule has 0 amide bonds. The molecule has 4 nitrogen and oxygen atoms in total. The normalized spacial score (nSPS) is 9.83. The minimum Gasteiger partial charge on any atom is -0.382 e. The standard InChI is InChI=1S/C8H14N4/c1-3-12(4-2)8-6-10-7(9)5-11-8/h5-6H,3-4H2,1-2H3,(H2,9,10). The predicted octanol–water partition coefficient (Wildman–Crippen LogP) is 0.905. The van der Waals surface area contributed by atoms with E-state index in [9.17, 15) is 0 Å². The van der Waals surface area contributed by atoms with Crippen molar-refractivity contribution in [1.29, 1.82) is 0 Å². The average molecular weight is 166 g/mol. The first-order chi connectivity index (χ1) is 5.77. The summed E-state index contributed by atoms with van der Waals surface area (Å²) >= 11 is 0. The van der Waals surface area contributed by atoms with Crippen LogP contribution in [0.15, 0.2) is 12.4 Å². The van der Waals surface area contributed by atoms with E-state index in [-0.39, 0.29) is 0 Å². The molecule has 0 fully saturated rings. The molecule has 1 heterocycles. The Labute approximate surface area is 72.4 Å². The molecule has 0 aliphatic carbocycles. The van der Waals surface area contributed by atoms with Crippen LogP contribution in [0.5, 0.6) is 0 Å². The highest BCUT2D eigenvalue weighted by Gasteiger charge is 2.01. The van der Waals surface area contributed by atoms with Crippen molar-refractivity contribution in [3.05, 3.63) is 12.4 Å². The van der Waals surface area contributed by atoms with E-state index < -0.39 is 0 Å². The summed E-state index contributed by atoms with van der Waals surface area (Å²) in [6.07, 6.45) is 3.27. The Kier molecular flexibility index (Phi) is 2.85. The average Bonchev–Trinajstić information content (AvgIpc) is 2.10. The number of hydrogen-bond acceptors (Lipinski definition) is 4. The predicted molar refractivity (Wildman–Crippen MR) is 50.0 cm³/mol. The van der Waals surface area contributed by atoms with Gasteiger partial charge in [-0.3, -0.25) is 0 Å². The van der Waals surface area contributed by atoms with Gasteiger partial charge >= 0.3 is 0 Å². The first-order valence-corrected chi connectivity index (χ1v) is 4.10. The smallest absolute Gasteiger partial charge is 0.147 e. The van der Waals surface area contributed by atoms with E-state index in [0.29, 0.717) is 5.82 Å². The number of nitrogens with zero attached hydrogens (tertiary/aromatic N) is 3. The maximum absolute atomic E-state index is 5.42. The second-order valence-corrected chi connectivity index (χ2v) is 2.47. The van der Waals surface area contributed by atoms with Crippen molar-refractivity contribution >= 4 is 11.6 Å². The molecule has 0 bridgehead atoms. The molecule has 1 rings (SSSR count). The first kappa shape index (κ1) is 8.77. The Hall–Kier alpha value is -1.32. The van der Waals surface area contributed by atoms with Gasteiger partial charge in [-0.2, -0.15) is 0 Å². The molecule has 12 heavy (non-hydrogen) atoms. The van der Waals surface area contributed by atoms with Crippen molar-refractivity contribution < 1.29 is 0 Å². The quantitative estimate of drug-likeness (QED) is 0.725. The van der Waals surface area contributed by atoms with E-state index in [1.54, 1.807) is 12.4 Å². The molecule has 0 radical (unpaired) electrons. The summed E-state index contributed by atoms with van der Waals surface area (Å²) in [5.74, 6) is 1.35. The number of nitrogen functional groups attached to an aromatic ring is 1. The molecule has 4 heteroatoms. The van der Waals surface area contributed by atoms with E-state index in [2.05, 4.69) is 28.7 Å². The Balaban J connectivity index is 2.80. The zero-order valence-corrected chi connectivity index (χ0v) is 7.49. The molecule has 1 aromatic rings. The Morgan fingerprint density at radius 2 is 1.92 bits per heavy atom. The van der Waals surface area contributed by atoms with E-state index in [4.69, 9.17) is 5.73 Å². The summed E-state index contributed by atoms with van der Waals surface area (Å²) in [7, 11) is 0. The fraction of sp³-hybridized carbons (Fsp3) is 0.500. The minimum atomic E-state index is 0.464. The lowest BCUT2D eigenvalue weighted by molar-refractivity contribution is 0.841. The number of aromatic nitrogens is 2. The Morgan fingerprint density at radius 3 is 2.33 bits per heavy atom. The molecule has 2 N–H and O–H groups in total. The molecule has 1 aromatic heterocycles. The molecule has 0 unspecified atom stereocenters. The number of nitrogens with two attached hydrogens (primary N) is 1. The highest BCUT2D eigenvalue weighted by atomic mass is 15.2. The lowest BCUT2D eigenvalue weighted by Crippen LogP contribution is -2.23. The second kappa shape index (κ2) is 3.90. The van der Waals surface area contributed by atoms with Gasteiger partial charge < -0.3 is 10.6 Å². The molecule has 0 saturated carbocycles. The molecular formula is C8H14N4. The van der Waals surface area contributed by atoms with Gasteiger partial charge in [0.15, 0.2) is 0 Å². The SMILES string of the molecule is CCN(CC)c1cnc(N)cn1. The maximum Gasteiger partial charge on any atom is 0.147 e. The zero-order valence-electron chi connectivity index (χ0n) is 7.49. The van der Waals surface area contributed by atoms with Crippen LogP contribution in [0.25, 0.3) is 0 Å². The third-order valence-electron chi connectivity index (χ3n) is 1.75. The van der Waals surface area contributed by atoms with Crippen LogP contribution < -0.4 is 10.6 Å². The van der Waals surface area contributed by atoms with Crippen molar-refractivity contribution in [2.45, 2.75) is 13.8 Å². The van der Waals surface area contributed by atoms with Gasteiger partial charge in [-0.1, -0.05) is 0 Å². The molecule has 0 aliphatic rings. The minimum absolute atomic E-state index is 0.464. The van der Waals surface area contributed by atoms with Crippen LogP contribution in [0.2, 0.25) is 0 Å². The van der Waals surface area contributed by atoms with Crippen LogP contribution in [0.4, 0.5) is 11.6 Å². The second-order valence-electron chi connectivity index (χ2n) is 2.47. The summed E-state index contributed by atoms with van der Waals surface area (Å²) in [5, 5.41) is 0. The van der Waals surface area contributed by atoms with Crippen molar-refractivity contribution in [3.8, 4) is 0 Å². The fourth-order valence-corrected chi connectivity index (χ4v) is 1.04. The fourth-order valence-electron chi connectivity index (χ4n) is 1.04. The van der Waals surface area contributed by atoms with Crippen molar-refractivity contribution in [1.82, 2.24) is 9.97 Å². The number of anilines is 2. The summed E-state index contributed by atoms with van der Waals surface area (Å²) in [6, 6.07) is 0. The van der Waals surface area contributed by atoms with Gasteiger partial charge in [-0.25, -0.2) is 9.97 Å². The van der Waals surface area contributed by atoms with Crippen molar-refractivity contribution in [2.75, 3.05) is 23.7 Å². The van der Waals surface area contributed by atoms with Crippen LogP contribution >= 0.6 is 0 Å². The third kappa shape index (κ3) is 1.84. The third-order valence-corrected chi connectivity index (χ3v) is 1.75. The molecule has 0 atom stereocenters. The van der Waals surface area contributed by atoms with Crippen molar-refractivity contribution in [2.24, 2.45) is 0 Å². The van der Waals surface area contributed by atoms with Crippen molar-refractivity contribution in [3.63, 3.8) is 0 Å². The number of hydrogen-bond donors (Lipinski definition) is 1. The largest absolute Gasteiger partial charge is 0.382 e. The topological polar surface area (TPSA) is 55.0 Å². The van der Waals surface area contributed by atoms with Gasteiger partial charge in [-0.15, -0.1) is 0 Å². The number of rotatable bonds is 3. The van der Waals surface area contributed by atoms with E-state index >= 15 is 0 Å². The maximum atomic E-state index is 5.42. The van der Waals surface area contributed by atoms with Gasteiger partial charge in [0.2, 0.25) is 0 Å². The zero-order chi connectivity index (χ0) is 8.97.